The van der Waals surface area contributed by atoms with Crippen LogP contribution in [0.5, 0.6) is 0 Å². The summed E-state index contributed by atoms with van der Waals surface area (Å²) in [4.78, 5) is -0.542. The summed E-state index contributed by atoms with van der Waals surface area (Å²) < 4.78 is 40.5. The average Bonchev–Trinajstić information content (AvgIpc) is 2.39. The second kappa shape index (κ2) is 7.31. The lowest BCUT2D eigenvalue weighted by atomic mass is 10.3. The van der Waals surface area contributed by atoms with Crippen LogP contribution in [0.4, 0.5) is 10.1 Å². The van der Waals surface area contributed by atoms with Gasteiger partial charge in [0.05, 0.1) is 15.2 Å². The summed E-state index contributed by atoms with van der Waals surface area (Å²) >= 11 is 10.4. The first-order valence-electron chi connectivity index (χ1n) is 5.66. The smallest absolute Gasteiger partial charge is 0.243 e. The molecule has 0 saturated carbocycles. The number of sulfonamides is 1. The van der Waals surface area contributed by atoms with Crippen LogP contribution >= 0.6 is 39.3 Å². The Morgan fingerprint density at radius 1 is 1.60 bits per heavy atom. The van der Waals surface area contributed by atoms with Crippen molar-refractivity contribution in [3.63, 3.8) is 0 Å². The van der Waals surface area contributed by atoms with Gasteiger partial charge in [-0.05, 0) is 34.7 Å². The van der Waals surface area contributed by atoms with E-state index in [9.17, 15) is 12.8 Å². The fourth-order valence-electron chi connectivity index (χ4n) is 1.39. The predicted octanol–water partition coefficient (Wildman–Crippen LogP) is 3.24. The molecule has 0 aliphatic heterocycles. The van der Waals surface area contributed by atoms with Crippen LogP contribution in [0, 0.1) is 5.82 Å². The highest BCUT2D eigenvalue weighted by Crippen LogP contribution is 2.34. The Hall–Kier alpha value is -0.0200. The summed E-state index contributed by atoms with van der Waals surface area (Å²) in [6.07, 6.45) is 2.58. The molecule has 0 aliphatic carbocycles. The molecular weight excluding hydrogens is 391 g/mol. The fraction of sp³-hybridized carbons (Fsp3) is 0.455. The average molecular weight is 406 g/mol. The van der Waals surface area contributed by atoms with Gasteiger partial charge in [-0.3, -0.25) is 0 Å². The molecule has 3 N–H and O–H groups in total. The van der Waals surface area contributed by atoms with Crippen LogP contribution in [0.15, 0.2) is 15.4 Å². The van der Waals surface area contributed by atoms with Crippen molar-refractivity contribution in [2.24, 2.45) is 0 Å². The monoisotopic (exact) mass is 404 g/mol. The van der Waals surface area contributed by atoms with Crippen LogP contribution in [0.25, 0.3) is 0 Å². The van der Waals surface area contributed by atoms with E-state index in [-0.39, 0.29) is 21.7 Å². The Kier molecular flexibility index (Phi) is 6.59. The van der Waals surface area contributed by atoms with Crippen LogP contribution in [-0.2, 0) is 10.0 Å². The third kappa shape index (κ3) is 4.24. The van der Waals surface area contributed by atoms with Crippen molar-refractivity contribution in [2.75, 3.05) is 18.5 Å². The summed E-state index contributed by atoms with van der Waals surface area (Å²) in [6, 6.07) is 1.04. The zero-order chi connectivity index (χ0) is 15.5. The van der Waals surface area contributed by atoms with E-state index in [0.29, 0.717) is 11.7 Å². The van der Waals surface area contributed by atoms with E-state index in [1.807, 2.05) is 13.2 Å². The van der Waals surface area contributed by atoms with Gasteiger partial charge in [0.25, 0.3) is 0 Å². The van der Waals surface area contributed by atoms with Crippen LogP contribution in [0.1, 0.15) is 13.3 Å². The van der Waals surface area contributed by atoms with Crippen LogP contribution in [0.2, 0.25) is 5.02 Å². The maximum atomic E-state index is 14.0. The van der Waals surface area contributed by atoms with Crippen molar-refractivity contribution >= 4 is 55.0 Å². The van der Waals surface area contributed by atoms with Crippen LogP contribution in [0.3, 0.4) is 0 Å². The molecule has 0 amide bonds. The van der Waals surface area contributed by atoms with Gasteiger partial charge in [-0.2, -0.15) is 11.8 Å². The molecular formula is C11H15BrClFN2O2S2. The molecule has 114 valence electrons. The van der Waals surface area contributed by atoms with E-state index in [1.165, 1.54) is 0 Å². The van der Waals surface area contributed by atoms with Crippen molar-refractivity contribution in [2.45, 2.75) is 23.5 Å². The minimum atomic E-state index is -3.98. The number of hydrogen-bond donors (Lipinski definition) is 2. The summed E-state index contributed by atoms with van der Waals surface area (Å²) in [7, 11) is -3.98. The molecule has 0 bridgehead atoms. The summed E-state index contributed by atoms with van der Waals surface area (Å²) in [5.74, 6) is -1.01. The van der Waals surface area contributed by atoms with Gasteiger partial charge in [-0.15, -0.1) is 0 Å². The molecule has 1 aromatic carbocycles. The number of thioether (sulfide) groups is 1. The lowest BCUT2D eigenvalue weighted by Crippen LogP contribution is -2.27. The molecule has 1 aromatic rings. The van der Waals surface area contributed by atoms with E-state index in [4.69, 9.17) is 17.3 Å². The summed E-state index contributed by atoms with van der Waals surface area (Å²) in [5, 5.41) is 0.350. The molecule has 0 fully saturated rings. The molecule has 0 saturated heterocycles. The van der Waals surface area contributed by atoms with Crippen molar-refractivity contribution in [3.8, 4) is 0 Å². The van der Waals surface area contributed by atoms with Crippen molar-refractivity contribution < 1.29 is 12.8 Å². The Balaban J connectivity index is 2.99. The zero-order valence-corrected chi connectivity index (χ0v) is 14.9. The first-order chi connectivity index (χ1) is 9.20. The van der Waals surface area contributed by atoms with Gasteiger partial charge >= 0.3 is 0 Å². The number of hydrogen-bond acceptors (Lipinski definition) is 4. The highest BCUT2D eigenvalue weighted by Gasteiger charge is 2.23. The topological polar surface area (TPSA) is 72.2 Å². The molecule has 0 aliphatic rings. The molecule has 20 heavy (non-hydrogen) atoms. The molecule has 0 radical (unpaired) electrons. The molecule has 0 spiro atoms. The second-order valence-electron chi connectivity index (χ2n) is 4.13. The number of nitrogen functional groups attached to an aromatic ring is 1. The number of benzene rings is 1. The van der Waals surface area contributed by atoms with Crippen LogP contribution in [-0.4, -0.2) is 26.5 Å². The summed E-state index contributed by atoms with van der Waals surface area (Å²) in [6.45, 7) is 2.20. The third-order valence-corrected chi connectivity index (χ3v) is 6.57. The Bertz CT molecular complexity index is 599. The van der Waals surface area contributed by atoms with Crippen molar-refractivity contribution in [3.05, 3.63) is 21.4 Å². The molecule has 1 rings (SSSR count). The van der Waals surface area contributed by atoms with Crippen LogP contribution < -0.4 is 10.5 Å². The lowest BCUT2D eigenvalue weighted by molar-refractivity contribution is 0.557. The van der Waals surface area contributed by atoms with Gasteiger partial charge in [-0.25, -0.2) is 17.5 Å². The first kappa shape index (κ1) is 18.0. The number of nitrogens with one attached hydrogen (secondary N) is 1. The number of anilines is 1. The van der Waals surface area contributed by atoms with E-state index >= 15 is 0 Å². The lowest BCUT2D eigenvalue weighted by Gasteiger charge is -2.12. The largest absolute Gasteiger partial charge is 0.395 e. The fourth-order valence-corrected chi connectivity index (χ4v) is 3.47. The predicted molar refractivity (Wildman–Crippen MR) is 86.3 cm³/mol. The van der Waals surface area contributed by atoms with Crippen molar-refractivity contribution in [1.29, 1.82) is 0 Å². The Labute approximate surface area is 135 Å². The second-order valence-corrected chi connectivity index (χ2v) is 8.34. The maximum absolute atomic E-state index is 14.0. The van der Waals surface area contributed by atoms with Gasteiger partial charge in [0, 0.05) is 11.8 Å². The number of nitrogens with two attached hydrogens (primary N) is 1. The van der Waals surface area contributed by atoms with E-state index in [1.54, 1.807) is 11.8 Å². The van der Waals surface area contributed by atoms with E-state index in [2.05, 4.69) is 20.7 Å². The molecule has 4 nitrogen and oxygen atoms in total. The van der Waals surface area contributed by atoms with Gasteiger partial charge < -0.3 is 5.73 Å². The first-order valence-corrected chi connectivity index (χ1v) is 9.60. The normalized spacial score (nSPS) is 13.4. The molecule has 0 aromatic heterocycles. The SMILES string of the molecule is CSC(C)CCNS(=O)(=O)c1cc(Cl)c(Br)c(N)c1F. The quantitative estimate of drug-likeness (QED) is 0.563. The highest BCUT2D eigenvalue weighted by molar-refractivity contribution is 9.10. The van der Waals surface area contributed by atoms with Gasteiger partial charge in [0.1, 0.15) is 4.90 Å². The third-order valence-electron chi connectivity index (χ3n) is 2.69. The maximum Gasteiger partial charge on any atom is 0.243 e. The standard InChI is InChI=1S/C11H15BrClFN2O2S2/c1-6(19-2)3-4-16-20(17,18)8-5-7(13)9(12)11(15)10(8)14/h5-6,16H,3-4,15H2,1-2H3. The van der Waals surface area contributed by atoms with Gasteiger partial charge in [0.2, 0.25) is 10.0 Å². The van der Waals surface area contributed by atoms with E-state index < -0.39 is 20.7 Å². The van der Waals surface area contributed by atoms with E-state index in [0.717, 1.165) is 6.07 Å². The molecule has 1 atom stereocenters. The minimum absolute atomic E-state index is 0.0433. The number of halogens is 3. The number of rotatable bonds is 6. The Morgan fingerprint density at radius 2 is 2.20 bits per heavy atom. The molecule has 1 unspecified atom stereocenters. The highest BCUT2D eigenvalue weighted by atomic mass is 79.9. The molecule has 9 heteroatoms. The zero-order valence-electron chi connectivity index (χ0n) is 10.9. The van der Waals surface area contributed by atoms with Gasteiger partial charge in [-0.1, -0.05) is 18.5 Å². The minimum Gasteiger partial charge on any atom is -0.395 e. The molecule has 0 heterocycles. The summed E-state index contributed by atoms with van der Waals surface area (Å²) in [5.41, 5.74) is 5.15. The van der Waals surface area contributed by atoms with Gasteiger partial charge in [0.15, 0.2) is 5.82 Å². The van der Waals surface area contributed by atoms with Crippen molar-refractivity contribution in [1.82, 2.24) is 4.72 Å². The Morgan fingerprint density at radius 3 is 2.75 bits per heavy atom.